The number of H-pyrrole nitrogens is 1. The summed E-state index contributed by atoms with van der Waals surface area (Å²) < 4.78 is 5.08. The minimum absolute atomic E-state index is 0.166. The van der Waals surface area contributed by atoms with E-state index in [0.29, 0.717) is 23.5 Å². The second-order valence-corrected chi connectivity index (χ2v) is 4.17. The first-order chi connectivity index (χ1) is 9.11. The molecule has 0 fully saturated rings. The highest BCUT2D eigenvalue weighted by molar-refractivity contribution is 5.94. The van der Waals surface area contributed by atoms with E-state index in [4.69, 9.17) is 10.5 Å². The standard InChI is InChI=1S/C13H16N4O2/c1-8-10(7-16-17-8)13(18)15-6-9-3-4-12(19-2)11(14)5-9/h3-5,7H,6,14H2,1-2H3,(H,15,18)(H,16,17). The number of nitrogens with zero attached hydrogens (tertiary/aromatic N) is 1. The van der Waals surface area contributed by atoms with Crippen molar-refractivity contribution in [3.05, 3.63) is 41.2 Å². The molecule has 4 N–H and O–H groups in total. The largest absolute Gasteiger partial charge is 0.495 e. The van der Waals surface area contributed by atoms with Crippen LogP contribution in [0.3, 0.4) is 0 Å². The van der Waals surface area contributed by atoms with Gasteiger partial charge in [0, 0.05) is 12.2 Å². The van der Waals surface area contributed by atoms with Gasteiger partial charge in [0.2, 0.25) is 0 Å². The van der Waals surface area contributed by atoms with E-state index in [1.165, 1.54) is 6.20 Å². The van der Waals surface area contributed by atoms with Gasteiger partial charge in [-0.15, -0.1) is 0 Å². The van der Waals surface area contributed by atoms with E-state index >= 15 is 0 Å². The molecule has 0 unspecified atom stereocenters. The molecule has 6 nitrogen and oxygen atoms in total. The highest BCUT2D eigenvalue weighted by Gasteiger charge is 2.10. The first-order valence-electron chi connectivity index (χ1n) is 5.82. The van der Waals surface area contributed by atoms with Gasteiger partial charge < -0.3 is 15.8 Å². The number of hydrogen-bond acceptors (Lipinski definition) is 4. The third-order valence-corrected chi connectivity index (χ3v) is 2.82. The van der Waals surface area contributed by atoms with Crippen LogP contribution in [0.2, 0.25) is 0 Å². The summed E-state index contributed by atoms with van der Waals surface area (Å²) in [5.74, 6) is 0.460. The predicted molar refractivity (Wildman–Crippen MR) is 71.9 cm³/mol. The summed E-state index contributed by atoms with van der Waals surface area (Å²) in [6.07, 6.45) is 1.51. The lowest BCUT2D eigenvalue weighted by Crippen LogP contribution is -2.23. The van der Waals surface area contributed by atoms with Crippen molar-refractivity contribution in [3.8, 4) is 5.75 Å². The summed E-state index contributed by atoms with van der Waals surface area (Å²) in [5.41, 5.74) is 8.55. The van der Waals surface area contributed by atoms with Gasteiger partial charge >= 0.3 is 0 Å². The summed E-state index contributed by atoms with van der Waals surface area (Å²) >= 11 is 0. The number of carbonyl (C=O) groups is 1. The molecule has 2 rings (SSSR count). The Bertz CT molecular complexity index is 592. The molecule has 0 spiro atoms. The average molecular weight is 260 g/mol. The van der Waals surface area contributed by atoms with Crippen molar-refractivity contribution in [2.45, 2.75) is 13.5 Å². The summed E-state index contributed by atoms with van der Waals surface area (Å²) in [6.45, 7) is 2.20. The topological polar surface area (TPSA) is 93.0 Å². The monoisotopic (exact) mass is 260 g/mol. The highest BCUT2D eigenvalue weighted by Crippen LogP contribution is 2.21. The van der Waals surface area contributed by atoms with E-state index in [-0.39, 0.29) is 5.91 Å². The van der Waals surface area contributed by atoms with Crippen LogP contribution in [0.15, 0.2) is 24.4 Å². The Balaban J connectivity index is 2.01. The number of nitrogen functional groups attached to an aromatic ring is 1. The van der Waals surface area contributed by atoms with Gasteiger partial charge in [0.15, 0.2) is 0 Å². The van der Waals surface area contributed by atoms with Crippen molar-refractivity contribution in [2.75, 3.05) is 12.8 Å². The number of nitrogens with two attached hydrogens (primary N) is 1. The molecule has 6 heteroatoms. The lowest BCUT2D eigenvalue weighted by molar-refractivity contribution is 0.0950. The average Bonchev–Trinajstić information content (AvgIpc) is 2.82. The zero-order chi connectivity index (χ0) is 13.8. The van der Waals surface area contributed by atoms with Crippen LogP contribution in [0, 0.1) is 6.92 Å². The van der Waals surface area contributed by atoms with Crippen molar-refractivity contribution >= 4 is 11.6 Å². The van der Waals surface area contributed by atoms with Gasteiger partial charge in [-0.1, -0.05) is 6.07 Å². The molecule has 100 valence electrons. The minimum Gasteiger partial charge on any atom is -0.495 e. The molecule has 1 amide bonds. The molecule has 1 aromatic carbocycles. The summed E-state index contributed by atoms with van der Waals surface area (Å²) in [7, 11) is 1.56. The van der Waals surface area contributed by atoms with Gasteiger partial charge in [0.05, 0.1) is 24.6 Å². The SMILES string of the molecule is COc1ccc(CNC(=O)c2cn[nH]c2C)cc1N. The Kier molecular flexibility index (Phi) is 3.70. The van der Waals surface area contributed by atoms with Crippen molar-refractivity contribution in [3.63, 3.8) is 0 Å². The van der Waals surface area contributed by atoms with Gasteiger partial charge in [-0.05, 0) is 24.6 Å². The number of methoxy groups -OCH3 is 1. The van der Waals surface area contributed by atoms with E-state index in [2.05, 4.69) is 15.5 Å². The normalized spacial score (nSPS) is 10.2. The smallest absolute Gasteiger partial charge is 0.255 e. The number of amides is 1. The summed E-state index contributed by atoms with van der Waals surface area (Å²) in [6, 6.07) is 5.42. The molecular weight excluding hydrogens is 244 g/mol. The Labute approximate surface area is 111 Å². The molecular formula is C13H16N4O2. The zero-order valence-corrected chi connectivity index (χ0v) is 10.9. The number of nitrogens with one attached hydrogen (secondary N) is 2. The van der Waals surface area contributed by atoms with Gasteiger partial charge in [-0.25, -0.2) is 0 Å². The Morgan fingerprint density at radius 1 is 1.53 bits per heavy atom. The quantitative estimate of drug-likeness (QED) is 0.721. The van der Waals surface area contributed by atoms with Gasteiger partial charge in [-0.3, -0.25) is 9.89 Å². The van der Waals surface area contributed by atoms with Crippen LogP contribution < -0.4 is 15.8 Å². The predicted octanol–water partition coefficient (Wildman–Crippen LogP) is 1.24. The van der Waals surface area contributed by atoms with Crippen LogP contribution in [0.5, 0.6) is 5.75 Å². The Morgan fingerprint density at radius 2 is 2.32 bits per heavy atom. The molecule has 0 aliphatic rings. The van der Waals surface area contributed by atoms with E-state index in [0.717, 1.165) is 11.3 Å². The van der Waals surface area contributed by atoms with E-state index < -0.39 is 0 Å². The fourth-order valence-electron chi connectivity index (χ4n) is 1.75. The first kappa shape index (κ1) is 12.9. The maximum atomic E-state index is 11.9. The molecule has 0 aliphatic heterocycles. The van der Waals surface area contributed by atoms with Crippen LogP contribution in [0.25, 0.3) is 0 Å². The summed E-state index contributed by atoms with van der Waals surface area (Å²) in [4.78, 5) is 11.9. The third kappa shape index (κ3) is 2.85. The molecule has 0 saturated heterocycles. The fraction of sp³-hybridized carbons (Fsp3) is 0.231. The Hall–Kier alpha value is -2.50. The zero-order valence-electron chi connectivity index (χ0n) is 10.9. The van der Waals surface area contributed by atoms with Crippen molar-refractivity contribution < 1.29 is 9.53 Å². The highest BCUT2D eigenvalue weighted by atomic mass is 16.5. The van der Waals surface area contributed by atoms with Crippen molar-refractivity contribution in [1.82, 2.24) is 15.5 Å². The number of aromatic nitrogens is 2. The number of carbonyl (C=O) groups excluding carboxylic acids is 1. The number of benzene rings is 1. The third-order valence-electron chi connectivity index (χ3n) is 2.82. The maximum Gasteiger partial charge on any atom is 0.255 e. The Morgan fingerprint density at radius 3 is 2.89 bits per heavy atom. The second-order valence-electron chi connectivity index (χ2n) is 4.17. The number of anilines is 1. The van der Waals surface area contributed by atoms with E-state index in [1.807, 2.05) is 6.07 Å². The molecule has 19 heavy (non-hydrogen) atoms. The molecule has 0 saturated carbocycles. The molecule has 0 bridgehead atoms. The van der Waals surface area contributed by atoms with E-state index in [9.17, 15) is 4.79 Å². The van der Waals surface area contributed by atoms with Crippen LogP contribution >= 0.6 is 0 Å². The number of hydrogen-bond donors (Lipinski definition) is 3. The number of aromatic amines is 1. The van der Waals surface area contributed by atoms with Crippen LogP contribution in [0.4, 0.5) is 5.69 Å². The fourth-order valence-corrected chi connectivity index (χ4v) is 1.75. The molecule has 1 heterocycles. The molecule has 0 aliphatic carbocycles. The molecule has 2 aromatic rings. The summed E-state index contributed by atoms with van der Waals surface area (Å²) in [5, 5.41) is 9.35. The minimum atomic E-state index is -0.166. The van der Waals surface area contributed by atoms with Crippen LogP contribution in [0.1, 0.15) is 21.6 Å². The first-order valence-corrected chi connectivity index (χ1v) is 5.82. The lowest BCUT2D eigenvalue weighted by atomic mass is 10.2. The molecule has 0 atom stereocenters. The van der Waals surface area contributed by atoms with Gasteiger partial charge in [-0.2, -0.15) is 5.10 Å². The van der Waals surface area contributed by atoms with Gasteiger partial charge in [0.1, 0.15) is 5.75 Å². The lowest BCUT2D eigenvalue weighted by Gasteiger charge is -2.08. The number of rotatable bonds is 4. The molecule has 1 aromatic heterocycles. The van der Waals surface area contributed by atoms with Crippen LogP contribution in [-0.4, -0.2) is 23.2 Å². The molecule has 0 radical (unpaired) electrons. The number of aryl methyl sites for hydroxylation is 1. The van der Waals surface area contributed by atoms with Crippen LogP contribution in [-0.2, 0) is 6.54 Å². The van der Waals surface area contributed by atoms with Crippen molar-refractivity contribution in [1.29, 1.82) is 0 Å². The van der Waals surface area contributed by atoms with Crippen molar-refractivity contribution in [2.24, 2.45) is 0 Å². The van der Waals surface area contributed by atoms with Gasteiger partial charge in [0.25, 0.3) is 5.91 Å². The maximum absolute atomic E-state index is 11.9. The van der Waals surface area contributed by atoms with E-state index in [1.54, 1.807) is 26.2 Å². The second kappa shape index (κ2) is 5.43. The number of ether oxygens (including phenoxy) is 1.